The number of nitrogens with zero attached hydrogens (tertiary/aromatic N) is 2. The lowest BCUT2D eigenvalue weighted by Gasteiger charge is -2.34. The van der Waals surface area contributed by atoms with E-state index in [1.165, 1.54) is 0 Å². The van der Waals surface area contributed by atoms with Gasteiger partial charge in [0.1, 0.15) is 0 Å². The molecule has 0 N–H and O–H groups in total. The third-order valence-electron chi connectivity index (χ3n) is 4.97. The number of Topliss-reactive ketones (excluding diaryl/α,β-unsaturated/α-hetero) is 2. The Bertz CT molecular complexity index is 650. The molecular formula is C22H27ClN2O2. The van der Waals surface area contributed by atoms with Crippen molar-refractivity contribution in [2.45, 2.75) is 12.8 Å². The Kier molecular flexibility index (Phi) is 8.65. The van der Waals surface area contributed by atoms with Crippen LogP contribution in [0.15, 0.2) is 60.7 Å². The van der Waals surface area contributed by atoms with Gasteiger partial charge in [-0.2, -0.15) is 0 Å². The van der Waals surface area contributed by atoms with Crippen molar-refractivity contribution in [3.8, 4) is 0 Å². The fourth-order valence-corrected chi connectivity index (χ4v) is 3.29. The molecule has 1 heterocycles. The molecule has 5 heteroatoms. The van der Waals surface area contributed by atoms with Gasteiger partial charge in [0.15, 0.2) is 11.6 Å². The maximum Gasteiger partial charge on any atom is 0.164 e. The van der Waals surface area contributed by atoms with Crippen molar-refractivity contribution in [2.24, 2.45) is 0 Å². The quantitative estimate of drug-likeness (QED) is 0.650. The normalized spacial score (nSPS) is 15.1. The minimum absolute atomic E-state index is 0. The lowest BCUT2D eigenvalue weighted by molar-refractivity contribution is 0.0885. The Morgan fingerprint density at radius 3 is 1.30 bits per heavy atom. The maximum absolute atomic E-state index is 12.2. The van der Waals surface area contributed by atoms with Gasteiger partial charge in [0.2, 0.25) is 0 Å². The van der Waals surface area contributed by atoms with Crippen molar-refractivity contribution >= 4 is 24.0 Å². The number of hydrogen-bond donors (Lipinski definition) is 0. The largest absolute Gasteiger partial charge is 0.300 e. The van der Waals surface area contributed by atoms with E-state index in [1.54, 1.807) is 0 Å². The lowest BCUT2D eigenvalue weighted by atomic mass is 10.1. The molecule has 0 aliphatic carbocycles. The van der Waals surface area contributed by atoms with E-state index < -0.39 is 0 Å². The predicted molar refractivity (Wildman–Crippen MR) is 111 cm³/mol. The van der Waals surface area contributed by atoms with Gasteiger partial charge < -0.3 is 9.80 Å². The third-order valence-corrected chi connectivity index (χ3v) is 4.97. The fourth-order valence-electron chi connectivity index (χ4n) is 3.29. The highest BCUT2D eigenvalue weighted by Crippen LogP contribution is 2.09. The molecule has 0 saturated carbocycles. The van der Waals surface area contributed by atoms with Crippen LogP contribution in [0.4, 0.5) is 0 Å². The number of ketones is 2. The number of halogens is 1. The lowest BCUT2D eigenvalue weighted by Crippen LogP contribution is -2.47. The van der Waals surface area contributed by atoms with Gasteiger partial charge in [0.25, 0.3) is 0 Å². The number of carbonyl (C=O) groups is 2. The summed E-state index contributed by atoms with van der Waals surface area (Å²) in [5.41, 5.74) is 1.59. The van der Waals surface area contributed by atoms with E-state index in [9.17, 15) is 9.59 Å². The van der Waals surface area contributed by atoms with Gasteiger partial charge >= 0.3 is 0 Å². The van der Waals surface area contributed by atoms with Gasteiger partial charge in [-0.3, -0.25) is 9.59 Å². The van der Waals surface area contributed by atoms with E-state index in [1.807, 2.05) is 60.7 Å². The van der Waals surface area contributed by atoms with Gasteiger partial charge in [0, 0.05) is 63.2 Å². The first-order valence-electron chi connectivity index (χ1n) is 9.33. The third kappa shape index (κ3) is 6.58. The average molecular weight is 387 g/mol. The molecule has 0 atom stereocenters. The minimum atomic E-state index is 0. The zero-order chi connectivity index (χ0) is 18.2. The smallest absolute Gasteiger partial charge is 0.164 e. The molecule has 4 nitrogen and oxygen atoms in total. The molecule has 0 unspecified atom stereocenters. The standard InChI is InChI=1S/C22H26N2O2.ClH/c25-21(19-7-3-1-4-8-19)11-13-23-15-17-24(18-16-23)14-12-22(26)20-9-5-2-6-10-20;/h1-10H,11-18H2;1H. The van der Waals surface area contributed by atoms with Gasteiger partial charge in [-0.05, 0) is 0 Å². The summed E-state index contributed by atoms with van der Waals surface area (Å²) in [7, 11) is 0. The molecule has 1 saturated heterocycles. The second-order valence-corrected chi connectivity index (χ2v) is 6.76. The molecule has 0 aromatic heterocycles. The van der Waals surface area contributed by atoms with Gasteiger partial charge in [0.05, 0.1) is 0 Å². The molecule has 3 rings (SSSR count). The van der Waals surface area contributed by atoms with Crippen molar-refractivity contribution in [2.75, 3.05) is 39.3 Å². The number of rotatable bonds is 8. The molecule has 0 bridgehead atoms. The Labute approximate surface area is 167 Å². The molecule has 0 radical (unpaired) electrons. The average Bonchev–Trinajstić information content (AvgIpc) is 2.72. The van der Waals surface area contributed by atoms with Crippen LogP contribution in [0.3, 0.4) is 0 Å². The van der Waals surface area contributed by atoms with Gasteiger partial charge in [-0.1, -0.05) is 60.7 Å². The van der Waals surface area contributed by atoms with E-state index >= 15 is 0 Å². The summed E-state index contributed by atoms with van der Waals surface area (Å²) >= 11 is 0. The molecule has 27 heavy (non-hydrogen) atoms. The van der Waals surface area contributed by atoms with Crippen molar-refractivity contribution in [1.29, 1.82) is 0 Å². The Balaban J connectivity index is 0.00000261. The van der Waals surface area contributed by atoms with Crippen LogP contribution >= 0.6 is 12.4 Å². The topological polar surface area (TPSA) is 40.6 Å². The summed E-state index contributed by atoms with van der Waals surface area (Å²) in [5, 5.41) is 0. The van der Waals surface area contributed by atoms with Crippen LogP contribution < -0.4 is 0 Å². The molecule has 144 valence electrons. The highest BCUT2D eigenvalue weighted by Gasteiger charge is 2.18. The number of hydrogen-bond acceptors (Lipinski definition) is 4. The molecule has 1 aliphatic rings. The first-order valence-corrected chi connectivity index (χ1v) is 9.33. The van der Waals surface area contributed by atoms with Crippen molar-refractivity contribution < 1.29 is 9.59 Å². The van der Waals surface area contributed by atoms with Crippen LogP contribution in [0.5, 0.6) is 0 Å². The molecule has 1 aliphatic heterocycles. The number of piperazine rings is 1. The van der Waals surface area contributed by atoms with E-state index in [0.717, 1.165) is 50.4 Å². The van der Waals surface area contributed by atoms with Crippen LogP contribution in [0.1, 0.15) is 33.6 Å². The second kappa shape index (κ2) is 11.0. The van der Waals surface area contributed by atoms with E-state index in [0.29, 0.717) is 12.8 Å². The first-order chi connectivity index (χ1) is 12.7. The maximum atomic E-state index is 12.2. The van der Waals surface area contributed by atoms with Crippen molar-refractivity contribution in [3.63, 3.8) is 0 Å². The summed E-state index contributed by atoms with van der Waals surface area (Å²) in [6.07, 6.45) is 1.13. The van der Waals surface area contributed by atoms with Crippen LogP contribution in [0.2, 0.25) is 0 Å². The number of benzene rings is 2. The van der Waals surface area contributed by atoms with Crippen molar-refractivity contribution in [3.05, 3.63) is 71.8 Å². The predicted octanol–water partition coefficient (Wildman–Crippen LogP) is 3.57. The monoisotopic (exact) mass is 386 g/mol. The Hall–Kier alpha value is -2.01. The Morgan fingerprint density at radius 1 is 0.630 bits per heavy atom. The van der Waals surface area contributed by atoms with Gasteiger partial charge in [-0.15, -0.1) is 12.4 Å². The zero-order valence-corrected chi connectivity index (χ0v) is 16.4. The molecule has 2 aromatic carbocycles. The molecule has 0 amide bonds. The number of carbonyl (C=O) groups excluding carboxylic acids is 2. The highest BCUT2D eigenvalue weighted by molar-refractivity contribution is 5.96. The summed E-state index contributed by atoms with van der Waals surface area (Å²) in [6.45, 7) is 5.46. The first kappa shape index (κ1) is 21.3. The van der Waals surface area contributed by atoms with E-state index in [-0.39, 0.29) is 24.0 Å². The van der Waals surface area contributed by atoms with Crippen molar-refractivity contribution in [1.82, 2.24) is 9.80 Å². The minimum Gasteiger partial charge on any atom is -0.300 e. The second-order valence-electron chi connectivity index (χ2n) is 6.76. The zero-order valence-electron chi connectivity index (χ0n) is 15.5. The molecule has 2 aromatic rings. The van der Waals surface area contributed by atoms with E-state index in [2.05, 4.69) is 9.80 Å². The van der Waals surface area contributed by atoms with E-state index in [4.69, 9.17) is 0 Å². The SMILES string of the molecule is Cl.O=C(CCN1CCN(CCC(=O)c2ccccc2)CC1)c1ccccc1. The molecule has 0 spiro atoms. The molecule has 1 fully saturated rings. The van der Waals surface area contributed by atoms with Gasteiger partial charge in [-0.25, -0.2) is 0 Å². The fraction of sp³-hybridized carbons (Fsp3) is 0.364. The summed E-state index contributed by atoms with van der Waals surface area (Å²) < 4.78 is 0. The van der Waals surface area contributed by atoms with Crippen LogP contribution in [-0.4, -0.2) is 60.6 Å². The van der Waals surface area contributed by atoms with Crippen LogP contribution in [0.25, 0.3) is 0 Å². The summed E-state index contributed by atoms with van der Waals surface area (Å²) in [4.78, 5) is 29.1. The summed E-state index contributed by atoms with van der Waals surface area (Å²) in [5.74, 6) is 0.419. The summed E-state index contributed by atoms with van der Waals surface area (Å²) in [6, 6.07) is 19.0. The Morgan fingerprint density at radius 2 is 0.963 bits per heavy atom. The molecular weight excluding hydrogens is 360 g/mol. The van der Waals surface area contributed by atoms with Crippen LogP contribution in [-0.2, 0) is 0 Å². The van der Waals surface area contributed by atoms with Crippen LogP contribution in [0, 0.1) is 0 Å². The highest BCUT2D eigenvalue weighted by atomic mass is 35.5.